The third-order valence-corrected chi connectivity index (χ3v) is 4.95. The molecule has 0 N–H and O–H groups in total. The maximum atomic E-state index is 12.8. The minimum atomic E-state index is -0.299. The zero-order valence-electron chi connectivity index (χ0n) is 14.3. The average molecular weight is 333 g/mol. The summed E-state index contributed by atoms with van der Waals surface area (Å²) in [6, 6.07) is 15.2. The Morgan fingerprint density at radius 1 is 1.04 bits per heavy atom. The number of benzene rings is 2. The fraction of sp³-hybridized carbons (Fsp3) is 0.250. The summed E-state index contributed by atoms with van der Waals surface area (Å²) in [7, 11) is 1.79. The van der Waals surface area contributed by atoms with Gasteiger partial charge in [-0.2, -0.15) is 0 Å². The second-order valence-corrected chi connectivity index (χ2v) is 6.31. The lowest BCUT2D eigenvalue weighted by Crippen LogP contribution is -2.29. The van der Waals surface area contributed by atoms with E-state index in [1.807, 2.05) is 49.4 Å². The molecule has 0 unspecified atom stereocenters. The van der Waals surface area contributed by atoms with Crippen molar-refractivity contribution in [3.05, 3.63) is 70.3 Å². The van der Waals surface area contributed by atoms with Gasteiger partial charge in [-0.3, -0.25) is 14.2 Å². The molecule has 5 nitrogen and oxygen atoms in total. The lowest BCUT2D eigenvalue weighted by Gasteiger charge is -2.15. The van der Waals surface area contributed by atoms with Gasteiger partial charge < -0.3 is 4.90 Å². The van der Waals surface area contributed by atoms with E-state index in [9.17, 15) is 9.59 Å². The molecule has 0 fully saturated rings. The van der Waals surface area contributed by atoms with Gasteiger partial charge in [0.25, 0.3) is 5.56 Å². The van der Waals surface area contributed by atoms with Gasteiger partial charge >= 0.3 is 0 Å². The molecule has 1 aliphatic heterocycles. The Hall–Kier alpha value is -2.95. The summed E-state index contributed by atoms with van der Waals surface area (Å²) in [5, 5.41) is 0.614. The maximum absolute atomic E-state index is 12.8. The number of para-hydroxylation sites is 2. The highest BCUT2D eigenvalue weighted by atomic mass is 16.2. The smallest absolute Gasteiger partial charge is 0.261 e. The van der Waals surface area contributed by atoms with E-state index < -0.39 is 0 Å². The summed E-state index contributed by atoms with van der Waals surface area (Å²) in [5.74, 6) is 0.410. The van der Waals surface area contributed by atoms with Gasteiger partial charge in [0.2, 0.25) is 5.91 Å². The van der Waals surface area contributed by atoms with E-state index in [0.717, 1.165) is 11.3 Å². The van der Waals surface area contributed by atoms with Crippen LogP contribution in [0.3, 0.4) is 0 Å². The zero-order valence-corrected chi connectivity index (χ0v) is 14.3. The first-order valence-electron chi connectivity index (χ1n) is 8.46. The van der Waals surface area contributed by atoms with Crippen LogP contribution in [0.15, 0.2) is 53.3 Å². The number of carbonyl (C=O) groups is 1. The van der Waals surface area contributed by atoms with Crippen molar-refractivity contribution in [2.75, 3.05) is 11.9 Å². The summed E-state index contributed by atoms with van der Waals surface area (Å²) in [6.45, 7) is 2.46. The normalized spacial score (nSPS) is 16.5. The molecule has 0 saturated heterocycles. The van der Waals surface area contributed by atoms with Crippen LogP contribution in [0.2, 0.25) is 0 Å². The fourth-order valence-corrected chi connectivity index (χ4v) is 3.65. The summed E-state index contributed by atoms with van der Waals surface area (Å²) >= 11 is 0. The Bertz CT molecular complexity index is 1040. The number of carbonyl (C=O) groups excluding carboxylic acids is 1. The highest BCUT2D eigenvalue weighted by molar-refractivity contribution is 6.04. The molecule has 3 aromatic rings. The summed E-state index contributed by atoms with van der Waals surface area (Å²) in [5.41, 5.74) is 2.57. The van der Waals surface area contributed by atoms with E-state index in [0.29, 0.717) is 29.7 Å². The second kappa shape index (κ2) is 5.84. The van der Waals surface area contributed by atoms with E-state index in [2.05, 4.69) is 0 Å². The van der Waals surface area contributed by atoms with Gasteiger partial charge in [0.15, 0.2) is 0 Å². The standard InChI is InChI=1S/C20H19N3O2/c1-3-23-18(21-16-10-6-4-9-14(16)20(23)25)12-15-13-8-5-7-11-17(13)22(2)19(15)24/h4-11,15H,3,12H2,1-2H3/t15-/m0/s1. The number of rotatable bonds is 3. The Kier molecular flexibility index (Phi) is 3.64. The molecular weight excluding hydrogens is 314 g/mol. The molecule has 0 radical (unpaired) electrons. The second-order valence-electron chi connectivity index (χ2n) is 6.31. The van der Waals surface area contributed by atoms with Gasteiger partial charge in [0.05, 0.1) is 16.8 Å². The van der Waals surface area contributed by atoms with Crippen LogP contribution in [0.25, 0.3) is 10.9 Å². The van der Waals surface area contributed by atoms with E-state index >= 15 is 0 Å². The van der Waals surface area contributed by atoms with Gasteiger partial charge in [-0.15, -0.1) is 0 Å². The van der Waals surface area contributed by atoms with Crippen molar-refractivity contribution in [1.29, 1.82) is 0 Å². The summed E-state index contributed by atoms with van der Waals surface area (Å²) in [6.07, 6.45) is 0.425. The monoisotopic (exact) mass is 333 g/mol. The lowest BCUT2D eigenvalue weighted by molar-refractivity contribution is -0.119. The largest absolute Gasteiger partial charge is 0.315 e. The van der Waals surface area contributed by atoms with Crippen molar-refractivity contribution < 1.29 is 4.79 Å². The molecule has 0 aliphatic carbocycles. The Balaban J connectivity index is 1.84. The molecular formula is C20H19N3O2. The molecule has 1 aromatic heterocycles. The number of nitrogens with zero attached hydrogens (tertiary/aromatic N) is 3. The van der Waals surface area contributed by atoms with E-state index in [4.69, 9.17) is 4.98 Å². The van der Waals surface area contributed by atoms with Crippen molar-refractivity contribution in [1.82, 2.24) is 9.55 Å². The van der Waals surface area contributed by atoms with Crippen molar-refractivity contribution in [2.45, 2.75) is 25.8 Å². The quantitative estimate of drug-likeness (QED) is 0.740. The van der Waals surface area contributed by atoms with Gasteiger partial charge in [0.1, 0.15) is 5.82 Å². The predicted octanol–water partition coefficient (Wildman–Crippen LogP) is 2.72. The predicted molar refractivity (Wildman–Crippen MR) is 98.0 cm³/mol. The number of likely N-dealkylation sites (N-methyl/N-ethyl adjacent to an activating group) is 1. The number of hydrogen-bond acceptors (Lipinski definition) is 3. The van der Waals surface area contributed by atoms with Crippen molar-refractivity contribution in [3.8, 4) is 0 Å². The highest BCUT2D eigenvalue weighted by Gasteiger charge is 2.35. The minimum Gasteiger partial charge on any atom is -0.315 e. The average Bonchev–Trinajstić information content (AvgIpc) is 2.87. The molecule has 0 spiro atoms. The molecule has 1 atom stereocenters. The van der Waals surface area contributed by atoms with Crippen LogP contribution in [0.1, 0.15) is 24.2 Å². The van der Waals surface area contributed by atoms with Gasteiger partial charge in [0, 0.05) is 25.7 Å². The third-order valence-electron chi connectivity index (χ3n) is 4.95. The first-order chi connectivity index (χ1) is 12.1. The van der Waals surface area contributed by atoms with Crippen molar-refractivity contribution in [3.63, 3.8) is 0 Å². The molecule has 2 aromatic carbocycles. The number of hydrogen-bond donors (Lipinski definition) is 0. The molecule has 5 heteroatoms. The van der Waals surface area contributed by atoms with Crippen LogP contribution in [0.4, 0.5) is 5.69 Å². The van der Waals surface area contributed by atoms with Crippen LogP contribution in [0.5, 0.6) is 0 Å². The van der Waals surface area contributed by atoms with E-state index in [1.54, 1.807) is 22.6 Å². The van der Waals surface area contributed by atoms with E-state index in [1.165, 1.54) is 0 Å². The molecule has 0 bridgehead atoms. The molecule has 1 aliphatic rings. The number of aromatic nitrogens is 2. The maximum Gasteiger partial charge on any atom is 0.261 e. The molecule has 126 valence electrons. The molecule has 25 heavy (non-hydrogen) atoms. The summed E-state index contributed by atoms with van der Waals surface area (Å²) < 4.78 is 1.68. The van der Waals surface area contributed by atoms with Crippen LogP contribution < -0.4 is 10.5 Å². The first-order valence-corrected chi connectivity index (χ1v) is 8.46. The number of anilines is 1. The molecule has 1 amide bonds. The fourth-order valence-electron chi connectivity index (χ4n) is 3.65. The zero-order chi connectivity index (χ0) is 17.6. The van der Waals surface area contributed by atoms with E-state index in [-0.39, 0.29) is 17.4 Å². The minimum absolute atomic E-state index is 0.0461. The third kappa shape index (κ3) is 2.35. The Morgan fingerprint density at radius 2 is 1.76 bits per heavy atom. The Labute approximate surface area is 145 Å². The van der Waals surface area contributed by atoms with Gasteiger partial charge in [-0.25, -0.2) is 4.98 Å². The lowest BCUT2D eigenvalue weighted by atomic mass is 9.96. The molecule has 2 heterocycles. The molecule has 4 rings (SSSR count). The van der Waals surface area contributed by atoms with Crippen LogP contribution >= 0.6 is 0 Å². The van der Waals surface area contributed by atoms with Crippen LogP contribution in [-0.2, 0) is 17.8 Å². The molecule has 0 saturated carbocycles. The Morgan fingerprint density at radius 3 is 2.56 bits per heavy atom. The first kappa shape index (κ1) is 15.6. The number of amides is 1. The van der Waals surface area contributed by atoms with Gasteiger partial charge in [-0.05, 0) is 30.7 Å². The van der Waals surface area contributed by atoms with Gasteiger partial charge in [-0.1, -0.05) is 30.3 Å². The van der Waals surface area contributed by atoms with Crippen molar-refractivity contribution >= 4 is 22.5 Å². The van der Waals surface area contributed by atoms with Crippen LogP contribution in [0, 0.1) is 0 Å². The number of fused-ring (bicyclic) bond motifs is 2. The van der Waals surface area contributed by atoms with Crippen molar-refractivity contribution in [2.24, 2.45) is 0 Å². The SMILES string of the molecule is CCn1c(C[C@@H]2C(=O)N(C)c3ccccc32)nc2ccccc2c1=O. The highest BCUT2D eigenvalue weighted by Crippen LogP contribution is 2.37. The topological polar surface area (TPSA) is 55.2 Å². The summed E-state index contributed by atoms with van der Waals surface area (Å²) in [4.78, 5) is 31.9. The van der Waals surface area contributed by atoms with Crippen LogP contribution in [-0.4, -0.2) is 22.5 Å².